The van der Waals surface area contributed by atoms with Gasteiger partial charge in [0.15, 0.2) is 0 Å². The zero-order valence-corrected chi connectivity index (χ0v) is 17.1. The first-order valence-electron chi connectivity index (χ1n) is 8.54. The number of amides is 2. The Morgan fingerprint density at radius 3 is 2.44 bits per heavy atom. The van der Waals surface area contributed by atoms with E-state index >= 15 is 0 Å². The highest BCUT2D eigenvalue weighted by atomic mass is 35.5. The summed E-state index contributed by atoms with van der Waals surface area (Å²) >= 11 is 7.51. The smallest absolute Gasteiger partial charge is 0.272 e. The number of nitrogens with zero attached hydrogens (tertiary/aromatic N) is 1. The Hall–Kier alpha value is -2.24. The fourth-order valence-electron chi connectivity index (χ4n) is 2.99. The maximum Gasteiger partial charge on any atom is 0.272 e. The monoisotopic (exact) mass is 401 g/mol. The van der Waals surface area contributed by atoms with E-state index in [4.69, 9.17) is 16.3 Å². The molecule has 6 heteroatoms. The molecule has 0 bridgehead atoms. The van der Waals surface area contributed by atoms with Crippen LogP contribution in [0.4, 0.5) is 5.69 Å². The van der Waals surface area contributed by atoms with Crippen LogP contribution in [0.5, 0.6) is 5.75 Å². The maximum atomic E-state index is 13.4. The van der Waals surface area contributed by atoms with Crippen molar-refractivity contribution in [2.24, 2.45) is 0 Å². The molecule has 4 nitrogen and oxygen atoms in total. The van der Waals surface area contributed by atoms with Crippen LogP contribution in [0.25, 0.3) is 5.57 Å². The summed E-state index contributed by atoms with van der Waals surface area (Å²) in [5, 5.41) is 0.613. The highest BCUT2D eigenvalue weighted by Crippen LogP contribution is 2.43. The van der Waals surface area contributed by atoms with Gasteiger partial charge in [0.1, 0.15) is 5.75 Å². The number of anilines is 1. The normalized spacial score (nSPS) is 14.5. The van der Waals surface area contributed by atoms with Crippen molar-refractivity contribution in [3.8, 4) is 5.75 Å². The topological polar surface area (TPSA) is 46.6 Å². The minimum atomic E-state index is -0.363. The minimum Gasteiger partial charge on any atom is -0.496 e. The third-order valence-electron chi connectivity index (χ3n) is 4.18. The summed E-state index contributed by atoms with van der Waals surface area (Å²) in [7, 11) is 1.55. The van der Waals surface area contributed by atoms with Gasteiger partial charge in [-0.15, -0.1) is 11.8 Å². The van der Waals surface area contributed by atoms with Crippen LogP contribution >= 0.6 is 23.4 Å². The third-order valence-corrected chi connectivity index (χ3v) is 5.50. The fraction of sp³-hybridized carbons (Fsp3) is 0.238. The molecule has 0 spiro atoms. The van der Waals surface area contributed by atoms with Gasteiger partial charge in [-0.25, -0.2) is 4.90 Å². The van der Waals surface area contributed by atoms with Crippen molar-refractivity contribution in [1.29, 1.82) is 0 Å². The Balaban J connectivity index is 2.19. The standard InChI is InChI=1S/C21H20ClNO3S/c1-12(2)27-19-18(15-7-5-6-8-17(15)26-4)20(24)23(21(19)25)16-11-14(22)10-9-13(16)3/h5-12H,1-4H3. The molecule has 0 saturated heterocycles. The lowest BCUT2D eigenvalue weighted by Crippen LogP contribution is -2.32. The molecule has 0 radical (unpaired) electrons. The van der Waals surface area contributed by atoms with E-state index in [0.717, 1.165) is 5.56 Å². The predicted molar refractivity (Wildman–Crippen MR) is 111 cm³/mol. The first-order chi connectivity index (χ1) is 12.8. The van der Waals surface area contributed by atoms with Crippen molar-refractivity contribution in [2.75, 3.05) is 12.0 Å². The average molecular weight is 402 g/mol. The summed E-state index contributed by atoms with van der Waals surface area (Å²) < 4.78 is 5.43. The predicted octanol–water partition coefficient (Wildman–Crippen LogP) is 5.08. The molecule has 2 aromatic rings. The molecule has 27 heavy (non-hydrogen) atoms. The zero-order valence-electron chi connectivity index (χ0n) is 15.6. The van der Waals surface area contributed by atoms with Crippen molar-refractivity contribution < 1.29 is 14.3 Å². The Morgan fingerprint density at radius 1 is 1.07 bits per heavy atom. The first-order valence-corrected chi connectivity index (χ1v) is 9.80. The molecule has 2 amide bonds. The Kier molecular flexibility index (Phi) is 5.63. The SMILES string of the molecule is COc1ccccc1C1=C(SC(C)C)C(=O)N(c2cc(Cl)ccc2C)C1=O. The van der Waals surface area contributed by atoms with Crippen molar-refractivity contribution in [1.82, 2.24) is 0 Å². The van der Waals surface area contributed by atoms with Gasteiger partial charge >= 0.3 is 0 Å². The highest BCUT2D eigenvalue weighted by molar-refractivity contribution is 8.04. The number of hydrogen-bond acceptors (Lipinski definition) is 4. The Bertz CT molecular complexity index is 952. The molecule has 0 saturated carbocycles. The second-order valence-electron chi connectivity index (χ2n) is 6.45. The number of imide groups is 1. The zero-order chi connectivity index (χ0) is 19.7. The van der Waals surface area contributed by atoms with E-state index in [1.54, 1.807) is 37.4 Å². The number of benzene rings is 2. The van der Waals surface area contributed by atoms with Gasteiger partial charge in [0.05, 0.1) is 23.3 Å². The minimum absolute atomic E-state index is 0.141. The number of para-hydroxylation sites is 1. The number of rotatable bonds is 5. The van der Waals surface area contributed by atoms with E-state index in [9.17, 15) is 9.59 Å². The van der Waals surface area contributed by atoms with Gasteiger partial charge in [-0.1, -0.05) is 49.7 Å². The number of aryl methyl sites for hydroxylation is 1. The number of carbonyl (C=O) groups is 2. The molecule has 140 valence electrons. The lowest BCUT2D eigenvalue weighted by molar-refractivity contribution is -0.119. The summed E-state index contributed by atoms with van der Waals surface area (Å²) in [6, 6.07) is 12.4. The van der Waals surface area contributed by atoms with Crippen molar-refractivity contribution in [3.05, 3.63) is 63.5 Å². The molecule has 3 rings (SSSR count). The van der Waals surface area contributed by atoms with E-state index in [1.165, 1.54) is 16.7 Å². The Labute approximate surface area is 168 Å². The van der Waals surface area contributed by atoms with E-state index in [0.29, 0.717) is 32.5 Å². The summed E-state index contributed by atoms with van der Waals surface area (Å²) in [5.41, 5.74) is 2.29. The number of methoxy groups -OCH3 is 1. The van der Waals surface area contributed by atoms with Crippen LogP contribution in [0, 0.1) is 6.92 Å². The van der Waals surface area contributed by atoms with Crippen LogP contribution in [-0.4, -0.2) is 24.2 Å². The summed E-state index contributed by atoms with van der Waals surface area (Å²) in [6.45, 7) is 5.83. The molecule has 0 atom stereocenters. The first kappa shape index (κ1) is 19.5. The lowest BCUT2D eigenvalue weighted by atomic mass is 10.0. The van der Waals surface area contributed by atoms with Crippen molar-refractivity contribution in [3.63, 3.8) is 0 Å². The van der Waals surface area contributed by atoms with Crippen molar-refractivity contribution >= 4 is 46.4 Å². The van der Waals surface area contributed by atoms with E-state index < -0.39 is 0 Å². The second kappa shape index (κ2) is 7.79. The molecule has 0 unspecified atom stereocenters. The number of hydrogen-bond donors (Lipinski definition) is 0. The van der Waals surface area contributed by atoms with Gasteiger partial charge in [-0.3, -0.25) is 9.59 Å². The largest absolute Gasteiger partial charge is 0.496 e. The average Bonchev–Trinajstić information content (AvgIpc) is 2.86. The van der Waals surface area contributed by atoms with Gasteiger partial charge in [-0.05, 0) is 30.7 Å². The number of carbonyl (C=O) groups excluding carboxylic acids is 2. The van der Waals surface area contributed by atoms with Crippen LogP contribution in [-0.2, 0) is 9.59 Å². The molecular weight excluding hydrogens is 382 g/mol. The second-order valence-corrected chi connectivity index (χ2v) is 8.47. The maximum absolute atomic E-state index is 13.4. The van der Waals surface area contributed by atoms with E-state index in [-0.39, 0.29) is 17.1 Å². The molecule has 1 aliphatic heterocycles. The molecular formula is C21H20ClNO3S. The summed E-state index contributed by atoms with van der Waals surface area (Å²) in [4.78, 5) is 28.3. The van der Waals surface area contributed by atoms with Gasteiger partial charge in [0, 0.05) is 15.8 Å². The van der Waals surface area contributed by atoms with Crippen LogP contribution in [0.15, 0.2) is 47.4 Å². The van der Waals surface area contributed by atoms with E-state index in [2.05, 4.69) is 0 Å². The highest BCUT2D eigenvalue weighted by Gasteiger charge is 2.42. The van der Waals surface area contributed by atoms with Crippen LogP contribution < -0.4 is 9.64 Å². The Morgan fingerprint density at radius 2 is 1.78 bits per heavy atom. The van der Waals surface area contributed by atoms with Gasteiger partial charge in [0.25, 0.3) is 11.8 Å². The third kappa shape index (κ3) is 3.62. The number of halogens is 1. The summed E-state index contributed by atoms with van der Waals surface area (Å²) in [6.07, 6.45) is 0. The number of thioether (sulfide) groups is 1. The molecule has 0 aromatic heterocycles. The molecule has 0 aliphatic carbocycles. The molecule has 2 aromatic carbocycles. The van der Waals surface area contributed by atoms with Gasteiger partial charge < -0.3 is 4.74 Å². The van der Waals surface area contributed by atoms with Gasteiger partial charge in [0.2, 0.25) is 0 Å². The molecule has 1 heterocycles. The molecule has 0 N–H and O–H groups in total. The van der Waals surface area contributed by atoms with Gasteiger partial charge in [-0.2, -0.15) is 0 Å². The molecule has 0 fully saturated rings. The van der Waals surface area contributed by atoms with E-state index in [1.807, 2.05) is 32.9 Å². The van der Waals surface area contributed by atoms with Crippen LogP contribution in [0.1, 0.15) is 25.0 Å². The molecule has 1 aliphatic rings. The lowest BCUT2D eigenvalue weighted by Gasteiger charge is -2.18. The van der Waals surface area contributed by atoms with Crippen molar-refractivity contribution in [2.45, 2.75) is 26.0 Å². The van der Waals surface area contributed by atoms with Crippen LogP contribution in [0.2, 0.25) is 5.02 Å². The summed E-state index contributed by atoms with van der Waals surface area (Å²) in [5.74, 6) is -0.136. The fourth-order valence-corrected chi connectivity index (χ4v) is 4.13. The van der Waals surface area contributed by atoms with Crippen LogP contribution in [0.3, 0.4) is 0 Å². The quantitative estimate of drug-likeness (QED) is 0.655. The number of ether oxygens (including phenoxy) is 1.